The Morgan fingerprint density at radius 1 is 1.38 bits per heavy atom. The Hall–Kier alpha value is -1.44. The highest BCUT2D eigenvalue weighted by molar-refractivity contribution is 5.56. The first kappa shape index (κ1) is 12.6. The van der Waals surface area contributed by atoms with Gasteiger partial charge in [-0.1, -0.05) is 25.1 Å². The fraction of sp³-hybridized carbons (Fsp3) is 0.429. The van der Waals surface area contributed by atoms with E-state index in [-0.39, 0.29) is 0 Å². The van der Waals surface area contributed by atoms with Crippen molar-refractivity contribution in [1.82, 2.24) is 0 Å². The molecule has 0 aliphatic heterocycles. The first-order chi connectivity index (χ1) is 7.69. The molecule has 0 amide bonds. The number of benzene rings is 1. The van der Waals surface area contributed by atoms with Crippen molar-refractivity contribution in [3.05, 3.63) is 36.9 Å². The Morgan fingerprint density at radius 2 is 2.06 bits per heavy atom. The molecule has 16 heavy (non-hydrogen) atoms. The fourth-order valence-electron chi connectivity index (χ4n) is 1.62. The van der Waals surface area contributed by atoms with Crippen LogP contribution in [0, 0.1) is 5.92 Å². The van der Waals surface area contributed by atoms with Gasteiger partial charge in [-0.05, 0) is 31.4 Å². The molecule has 2 unspecified atom stereocenters. The lowest BCUT2D eigenvalue weighted by Crippen LogP contribution is -2.23. The monoisotopic (exact) mass is 219 g/mol. The van der Waals surface area contributed by atoms with Crippen molar-refractivity contribution < 1.29 is 4.74 Å². The van der Waals surface area contributed by atoms with Crippen LogP contribution in [0.5, 0.6) is 5.75 Å². The SMILES string of the molecule is C=CCC(C)C(C)Nc1ccccc1OC. The van der Waals surface area contributed by atoms with Gasteiger partial charge in [0.2, 0.25) is 0 Å². The molecule has 0 fully saturated rings. The molecule has 0 aliphatic carbocycles. The summed E-state index contributed by atoms with van der Waals surface area (Å²) in [6.07, 6.45) is 2.98. The number of nitrogens with one attached hydrogen (secondary N) is 1. The molecule has 1 aromatic rings. The predicted molar refractivity (Wildman–Crippen MR) is 70.1 cm³/mol. The van der Waals surface area contributed by atoms with Crippen LogP contribution in [0.25, 0.3) is 0 Å². The summed E-state index contributed by atoms with van der Waals surface area (Å²) in [5, 5.41) is 3.47. The van der Waals surface area contributed by atoms with E-state index < -0.39 is 0 Å². The van der Waals surface area contributed by atoms with Crippen LogP contribution in [0.2, 0.25) is 0 Å². The second kappa shape index (κ2) is 6.21. The molecule has 2 heteroatoms. The van der Waals surface area contributed by atoms with Gasteiger partial charge in [-0.25, -0.2) is 0 Å². The number of hydrogen-bond acceptors (Lipinski definition) is 2. The quantitative estimate of drug-likeness (QED) is 0.736. The number of para-hydroxylation sites is 2. The largest absolute Gasteiger partial charge is 0.495 e. The van der Waals surface area contributed by atoms with E-state index in [4.69, 9.17) is 4.74 Å². The predicted octanol–water partition coefficient (Wildman–Crippen LogP) is 3.71. The van der Waals surface area contributed by atoms with Crippen LogP contribution < -0.4 is 10.1 Å². The Labute approximate surface area is 98.3 Å². The Morgan fingerprint density at radius 3 is 2.69 bits per heavy atom. The van der Waals surface area contributed by atoms with Gasteiger partial charge >= 0.3 is 0 Å². The van der Waals surface area contributed by atoms with Crippen molar-refractivity contribution in [1.29, 1.82) is 0 Å². The van der Waals surface area contributed by atoms with E-state index in [9.17, 15) is 0 Å². The summed E-state index contributed by atoms with van der Waals surface area (Å²) in [5.74, 6) is 1.45. The molecule has 0 saturated carbocycles. The van der Waals surface area contributed by atoms with E-state index in [1.54, 1.807) is 7.11 Å². The molecule has 2 nitrogen and oxygen atoms in total. The van der Waals surface area contributed by atoms with Gasteiger partial charge in [0.1, 0.15) is 5.75 Å². The normalized spacial score (nSPS) is 13.9. The highest BCUT2D eigenvalue weighted by atomic mass is 16.5. The van der Waals surface area contributed by atoms with Crippen LogP contribution in [-0.2, 0) is 0 Å². The zero-order valence-corrected chi connectivity index (χ0v) is 10.4. The Bertz CT molecular complexity index is 335. The molecule has 88 valence electrons. The van der Waals surface area contributed by atoms with E-state index in [0.717, 1.165) is 17.9 Å². The minimum absolute atomic E-state index is 0.397. The third-order valence-corrected chi connectivity index (χ3v) is 2.88. The van der Waals surface area contributed by atoms with Crippen molar-refractivity contribution in [2.24, 2.45) is 5.92 Å². The average molecular weight is 219 g/mol. The standard InChI is InChI=1S/C14H21NO/c1-5-8-11(2)12(3)15-13-9-6-7-10-14(13)16-4/h5-7,9-12,15H,1,8H2,2-4H3. The van der Waals surface area contributed by atoms with E-state index in [2.05, 4.69) is 25.7 Å². The number of methoxy groups -OCH3 is 1. The number of allylic oxidation sites excluding steroid dienone is 1. The summed E-state index contributed by atoms with van der Waals surface area (Å²) in [7, 11) is 1.69. The Kier molecular flexibility index (Phi) is 4.90. The van der Waals surface area contributed by atoms with E-state index in [1.165, 1.54) is 0 Å². The molecule has 0 bridgehead atoms. The highest BCUT2D eigenvalue weighted by Crippen LogP contribution is 2.25. The molecular formula is C14H21NO. The molecular weight excluding hydrogens is 198 g/mol. The first-order valence-electron chi connectivity index (χ1n) is 5.69. The van der Waals surface area contributed by atoms with Gasteiger partial charge < -0.3 is 10.1 Å². The molecule has 0 heterocycles. The van der Waals surface area contributed by atoms with Gasteiger partial charge in [-0.15, -0.1) is 6.58 Å². The minimum atomic E-state index is 0.397. The lowest BCUT2D eigenvalue weighted by molar-refractivity contribution is 0.414. The molecule has 0 saturated heterocycles. The highest BCUT2D eigenvalue weighted by Gasteiger charge is 2.12. The number of hydrogen-bond donors (Lipinski definition) is 1. The van der Waals surface area contributed by atoms with Crippen LogP contribution in [0.15, 0.2) is 36.9 Å². The van der Waals surface area contributed by atoms with Crippen molar-refractivity contribution in [3.8, 4) is 5.75 Å². The second-order valence-electron chi connectivity index (χ2n) is 4.13. The lowest BCUT2D eigenvalue weighted by Gasteiger charge is -2.22. The number of anilines is 1. The van der Waals surface area contributed by atoms with Gasteiger partial charge in [0, 0.05) is 6.04 Å². The van der Waals surface area contributed by atoms with Crippen LogP contribution >= 0.6 is 0 Å². The van der Waals surface area contributed by atoms with Crippen molar-refractivity contribution in [2.45, 2.75) is 26.3 Å². The average Bonchev–Trinajstić information content (AvgIpc) is 2.30. The van der Waals surface area contributed by atoms with E-state index in [0.29, 0.717) is 12.0 Å². The molecule has 0 spiro atoms. The molecule has 0 aliphatic rings. The maximum Gasteiger partial charge on any atom is 0.141 e. The maximum absolute atomic E-state index is 5.30. The van der Waals surface area contributed by atoms with Crippen LogP contribution in [0.3, 0.4) is 0 Å². The van der Waals surface area contributed by atoms with Crippen molar-refractivity contribution in [2.75, 3.05) is 12.4 Å². The molecule has 0 radical (unpaired) electrons. The van der Waals surface area contributed by atoms with Gasteiger partial charge in [0.15, 0.2) is 0 Å². The summed E-state index contributed by atoms with van der Waals surface area (Å²) in [6, 6.07) is 8.38. The zero-order valence-electron chi connectivity index (χ0n) is 10.4. The summed E-state index contributed by atoms with van der Waals surface area (Å²) < 4.78 is 5.30. The van der Waals surface area contributed by atoms with Gasteiger partial charge in [0.05, 0.1) is 12.8 Å². The molecule has 2 atom stereocenters. The van der Waals surface area contributed by atoms with Crippen molar-refractivity contribution >= 4 is 5.69 Å². The van der Waals surface area contributed by atoms with Crippen molar-refractivity contribution in [3.63, 3.8) is 0 Å². The Balaban J connectivity index is 2.68. The topological polar surface area (TPSA) is 21.3 Å². The zero-order chi connectivity index (χ0) is 12.0. The summed E-state index contributed by atoms with van der Waals surface area (Å²) >= 11 is 0. The van der Waals surface area contributed by atoms with Crippen LogP contribution in [0.1, 0.15) is 20.3 Å². The molecule has 0 aromatic heterocycles. The molecule has 1 N–H and O–H groups in total. The fourth-order valence-corrected chi connectivity index (χ4v) is 1.62. The van der Waals surface area contributed by atoms with Gasteiger partial charge in [-0.2, -0.15) is 0 Å². The third-order valence-electron chi connectivity index (χ3n) is 2.88. The smallest absolute Gasteiger partial charge is 0.141 e. The second-order valence-corrected chi connectivity index (χ2v) is 4.13. The van der Waals surface area contributed by atoms with Crippen LogP contribution in [0.4, 0.5) is 5.69 Å². The summed E-state index contributed by atoms with van der Waals surface area (Å²) in [4.78, 5) is 0. The van der Waals surface area contributed by atoms with E-state index >= 15 is 0 Å². The minimum Gasteiger partial charge on any atom is -0.495 e. The number of rotatable bonds is 6. The summed E-state index contributed by atoms with van der Waals surface area (Å²) in [5.41, 5.74) is 1.05. The van der Waals surface area contributed by atoms with Gasteiger partial charge in [-0.3, -0.25) is 0 Å². The lowest BCUT2D eigenvalue weighted by atomic mass is 9.99. The number of ether oxygens (including phenoxy) is 1. The first-order valence-corrected chi connectivity index (χ1v) is 5.69. The van der Waals surface area contributed by atoms with Crippen LogP contribution in [-0.4, -0.2) is 13.2 Å². The van der Waals surface area contributed by atoms with Gasteiger partial charge in [0.25, 0.3) is 0 Å². The third kappa shape index (κ3) is 3.30. The van der Waals surface area contributed by atoms with E-state index in [1.807, 2.05) is 30.3 Å². The molecule has 1 rings (SSSR count). The summed E-state index contributed by atoms with van der Waals surface area (Å²) in [6.45, 7) is 8.17. The molecule has 1 aromatic carbocycles. The maximum atomic E-state index is 5.30.